The zero-order valence-corrected chi connectivity index (χ0v) is 21.7. The number of methoxy groups -OCH3 is 1. The van der Waals surface area contributed by atoms with Crippen LogP contribution < -0.4 is 9.11 Å². The van der Waals surface area contributed by atoms with Crippen molar-refractivity contribution in [3.8, 4) is 0 Å². The molecule has 1 heterocycles. The Morgan fingerprint density at radius 2 is 1.64 bits per heavy atom. The lowest BCUT2D eigenvalue weighted by Gasteiger charge is -2.22. The summed E-state index contributed by atoms with van der Waals surface area (Å²) in [7, 11) is -2.47. The average molecular weight is 524 g/mol. The van der Waals surface area contributed by atoms with Gasteiger partial charge in [0.25, 0.3) is 15.9 Å². The molecule has 3 aromatic carbocycles. The fourth-order valence-corrected chi connectivity index (χ4v) is 6.45. The number of nitrogens with zero attached hydrogens (tertiary/aromatic N) is 3. The topological polar surface area (TPSA) is 98.0 Å². The number of aryl methyl sites for hydroxylation is 1. The molecule has 1 aromatic heterocycles. The molecule has 0 aliphatic carbocycles. The molecule has 0 saturated carbocycles. The molecule has 8 nitrogen and oxygen atoms in total. The van der Waals surface area contributed by atoms with Crippen molar-refractivity contribution < 1.29 is 22.7 Å². The van der Waals surface area contributed by atoms with Crippen LogP contribution in [0.15, 0.2) is 82.7 Å². The van der Waals surface area contributed by atoms with Gasteiger partial charge in [0.2, 0.25) is 0 Å². The largest absolute Gasteiger partial charge is 0.465 e. The first-order valence-corrected chi connectivity index (χ1v) is 13.5. The maximum Gasteiger partial charge on any atom is 0.337 e. The van der Waals surface area contributed by atoms with E-state index in [-0.39, 0.29) is 17.0 Å². The Morgan fingerprint density at radius 1 is 0.972 bits per heavy atom. The molecule has 36 heavy (non-hydrogen) atoms. The van der Waals surface area contributed by atoms with Crippen LogP contribution in [0.25, 0.3) is 10.2 Å². The summed E-state index contributed by atoms with van der Waals surface area (Å²) in [6, 6.07) is 19.8. The maximum atomic E-state index is 13.2. The Hall–Kier alpha value is -3.76. The van der Waals surface area contributed by atoms with Gasteiger partial charge in [-0.3, -0.25) is 9.10 Å². The van der Waals surface area contributed by atoms with Crippen molar-refractivity contribution in [3.05, 3.63) is 88.7 Å². The van der Waals surface area contributed by atoms with Crippen molar-refractivity contribution in [2.24, 2.45) is 4.99 Å². The van der Waals surface area contributed by atoms with E-state index < -0.39 is 21.9 Å². The van der Waals surface area contributed by atoms with Crippen molar-refractivity contribution in [2.45, 2.75) is 25.3 Å². The Bertz CT molecular complexity index is 1590. The highest BCUT2D eigenvalue weighted by molar-refractivity contribution is 7.92. The van der Waals surface area contributed by atoms with Crippen LogP contribution in [0.3, 0.4) is 0 Å². The van der Waals surface area contributed by atoms with Crippen molar-refractivity contribution in [1.29, 1.82) is 0 Å². The Balaban J connectivity index is 1.66. The van der Waals surface area contributed by atoms with Gasteiger partial charge in [0.15, 0.2) is 4.80 Å². The first-order valence-electron chi connectivity index (χ1n) is 11.3. The Kier molecular flexibility index (Phi) is 7.37. The molecule has 0 aliphatic heterocycles. The summed E-state index contributed by atoms with van der Waals surface area (Å²) in [6.45, 7) is 4.55. The number of benzene rings is 3. The number of amides is 1. The quantitative estimate of drug-likeness (QED) is 0.333. The number of thiazole rings is 1. The molecular formula is C26H25N3O5S2. The number of sulfonamides is 1. The lowest BCUT2D eigenvalue weighted by Crippen LogP contribution is -2.30. The molecule has 0 fully saturated rings. The molecule has 0 N–H and O–H groups in total. The van der Waals surface area contributed by atoms with Crippen molar-refractivity contribution in [2.75, 3.05) is 18.0 Å². The van der Waals surface area contributed by atoms with Crippen molar-refractivity contribution in [1.82, 2.24) is 4.57 Å². The summed E-state index contributed by atoms with van der Waals surface area (Å²) in [4.78, 5) is 29.7. The molecule has 10 heteroatoms. The average Bonchev–Trinajstić information content (AvgIpc) is 3.25. The van der Waals surface area contributed by atoms with Crippen molar-refractivity contribution in [3.63, 3.8) is 0 Å². The number of carbonyl (C=O) groups excluding carboxylic acids is 2. The van der Waals surface area contributed by atoms with Crippen LogP contribution in [0.2, 0.25) is 0 Å². The second-order valence-electron chi connectivity index (χ2n) is 7.75. The molecule has 0 radical (unpaired) electrons. The lowest BCUT2D eigenvalue weighted by atomic mass is 10.2. The predicted molar refractivity (Wildman–Crippen MR) is 140 cm³/mol. The fraction of sp³-hybridized carbons (Fsp3) is 0.192. The van der Waals surface area contributed by atoms with Gasteiger partial charge in [0, 0.05) is 18.7 Å². The highest BCUT2D eigenvalue weighted by Crippen LogP contribution is 2.24. The lowest BCUT2D eigenvalue weighted by molar-refractivity contribution is 0.0600. The van der Waals surface area contributed by atoms with Gasteiger partial charge in [-0.1, -0.05) is 29.5 Å². The molecule has 0 atom stereocenters. The van der Waals surface area contributed by atoms with Gasteiger partial charge in [-0.15, -0.1) is 0 Å². The smallest absolute Gasteiger partial charge is 0.337 e. The number of fused-ring (bicyclic) bond motifs is 1. The first kappa shape index (κ1) is 25.3. The summed E-state index contributed by atoms with van der Waals surface area (Å²) < 4.78 is 35.2. The molecule has 186 valence electrons. The first-order chi connectivity index (χ1) is 17.3. The summed E-state index contributed by atoms with van der Waals surface area (Å²) in [5.41, 5.74) is 2.11. The summed E-state index contributed by atoms with van der Waals surface area (Å²) in [5.74, 6) is -0.928. The minimum atomic E-state index is -3.80. The second-order valence-corrected chi connectivity index (χ2v) is 10.6. The third-order valence-electron chi connectivity index (χ3n) is 5.64. The van der Waals surface area contributed by atoms with Gasteiger partial charge in [0.1, 0.15) is 0 Å². The van der Waals surface area contributed by atoms with E-state index in [9.17, 15) is 18.0 Å². The van der Waals surface area contributed by atoms with Gasteiger partial charge in [-0.25, -0.2) is 13.2 Å². The highest BCUT2D eigenvalue weighted by atomic mass is 32.2. The van der Waals surface area contributed by atoms with Gasteiger partial charge in [0.05, 0.1) is 33.5 Å². The molecular weight excluding hydrogens is 498 g/mol. The van der Waals surface area contributed by atoms with E-state index in [2.05, 4.69) is 4.99 Å². The zero-order chi connectivity index (χ0) is 25.9. The van der Waals surface area contributed by atoms with Gasteiger partial charge in [-0.05, 0) is 68.4 Å². The number of esters is 1. The third-order valence-corrected chi connectivity index (χ3v) is 8.60. The number of anilines is 1. The van der Waals surface area contributed by atoms with E-state index >= 15 is 0 Å². The maximum absolute atomic E-state index is 13.2. The minimum Gasteiger partial charge on any atom is -0.465 e. The van der Waals surface area contributed by atoms with E-state index in [1.807, 2.05) is 17.6 Å². The highest BCUT2D eigenvalue weighted by Gasteiger charge is 2.23. The van der Waals surface area contributed by atoms with Crippen LogP contribution in [0, 0.1) is 0 Å². The van der Waals surface area contributed by atoms with Crippen LogP contribution in [-0.2, 0) is 21.3 Å². The number of hydrogen-bond donors (Lipinski definition) is 0. The minimum absolute atomic E-state index is 0.0885. The fourth-order valence-electron chi connectivity index (χ4n) is 3.84. The number of hydrogen-bond acceptors (Lipinski definition) is 6. The molecule has 0 unspecified atom stereocenters. The summed E-state index contributed by atoms with van der Waals surface area (Å²) in [5, 5.41) is 0. The van der Waals surface area contributed by atoms with Gasteiger partial charge in [-0.2, -0.15) is 4.99 Å². The van der Waals surface area contributed by atoms with E-state index in [0.29, 0.717) is 22.6 Å². The number of carbonyl (C=O) groups is 2. The monoisotopic (exact) mass is 523 g/mol. The van der Waals surface area contributed by atoms with E-state index in [4.69, 9.17) is 4.74 Å². The van der Waals surface area contributed by atoms with E-state index in [0.717, 1.165) is 10.2 Å². The van der Waals surface area contributed by atoms with Gasteiger partial charge < -0.3 is 9.30 Å². The summed E-state index contributed by atoms with van der Waals surface area (Å²) in [6.07, 6.45) is 0. The molecule has 4 rings (SSSR count). The number of rotatable bonds is 7. The number of ether oxygens (including phenoxy) is 1. The standard InChI is InChI=1S/C26H25N3O5S2/c1-4-28-22-16-13-19(25(31)34-3)17-23(22)35-26(28)27-24(30)18-11-14-21(15-12-18)36(32,33)29(5-2)20-9-7-6-8-10-20/h6-17H,4-5H2,1-3H3. The van der Waals surface area contributed by atoms with E-state index in [1.54, 1.807) is 49.4 Å². The number of para-hydroxylation sites is 1. The zero-order valence-electron chi connectivity index (χ0n) is 20.0. The van der Waals surface area contributed by atoms with E-state index in [1.165, 1.54) is 47.0 Å². The third kappa shape index (κ3) is 4.82. The summed E-state index contributed by atoms with van der Waals surface area (Å²) >= 11 is 1.29. The SMILES string of the molecule is CCN(c1ccccc1)S(=O)(=O)c1ccc(C(=O)N=c2sc3cc(C(=O)OC)ccc3n2CC)cc1. The Labute approximate surface area is 213 Å². The molecule has 0 bridgehead atoms. The second kappa shape index (κ2) is 10.5. The molecule has 1 amide bonds. The van der Waals surface area contributed by atoms with Gasteiger partial charge >= 0.3 is 5.97 Å². The van der Waals surface area contributed by atoms with Crippen LogP contribution in [0.4, 0.5) is 5.69 Å². The normalized spacial score (nSPS) is 12.0. The van der Waals surface area contributed by atoms with Crippen LogP contribution in [0.5, 0.6) is 0 Å². The van der Waals surface area contributed by atoms with Crippen LogP contribution >= 0.6 is 11.3 Å². The Morgan fingerprint density at radius 3 is 2.25 bits per heavy atom. The molecule has 0 spiro atoms. The van der Waals surface area contributed by atoms with Crippen LogP contribution in [0.1, 0.15) is 34.6 Å². The molecule has 0 aliphatic rings. The predicted octanol–water partition coefficient (Wildman–Crippen LogP) is 4.47. The van der Waals surface area contributed by atoms with Crippen molar-refractivity contribution >= 4 is 49.1 Å². The van der Waals surface area contributed by atoms with Crippen LogP contribution in [-0.4, -0.2) is 38.5 Å². The molecule has 0 saturated heterocycles. The number of aromatic nitrogens is 1. The molecule has 4 aromatic rings.